The van der Waals surface area contributed by atoms with E-state index in [1.165, 1.54) is 0 Å². The number of hydrogen-bond acceptors (Lipinski definition) is 3. The van der Waals surface area contributed by atoms with Gasteiger partial charge in [-0.3, -0.25) is 4.90 Å². The second-order valence-corrected chi connectivity index (χ2v) is 4.28. The maximum atomic E-state index is 11.0. The largest absolute Gasteiger partial charge is 0.395 e. The van der Waals surface area contributed by atoms with Gasteiger partial charge in [-0.25, -0.2) is 8.51 Å². The number of β-amino-alcohol motifs (C(OH)–C–C–N with tert-alkyl or cyclic N) is 1. The molecule has 0 radical (unpaired) electrons. The molecule has 1 saturated heterocycles. The molecular weight excluding hydrogens is 176 g/mol. The maximum Gasteiger partial charge on any atom is 0.0911 e. The van der Waals surface area contributed by atoms with Crippen molar-refractivity contribution in [1.29, 1.82) is 0 Å². The van der Waals surface area contributed by atoms with Crippen molar-refractivity contribution in [1.82, 2.24) is 9.21 Å². The summed E-state index contributed by atoms with van der Waals surface area (Å²) in [6.07, 6.45) is 1.71. The molecule has 12 heavy (non-hydrogen) atoms. The average molecular weight is 192 g/mol. The van der Waals surface area contributed by atoms with Crippen LogP contribution in [0.25, 0.3) is 0 Å². The Hall–Kier alpha value is 0.0300. The van der Waals surface area contributed by atoms with Crippen molar-refractivity contribution in [3.8, 4) is 0 Å². The molecule has 1 rings (SSSR count). The predicted octanol–water partition coefficient (Wildman–Crippen LogP) is -1.11. The summed E-state index contributed by atoms with van der Waals surface area (Å²) in [4.78, 5) is 2.18. The average Bonchev–Trinajstić information content (AvgIpc) is 2.06. The summed E-state index contributed by atoms with van der Waals surface area (Å²) in [7, 11) is -0.827. The predicted molar refractivity (Wildman–Crippen MR) is 49.2 cm³/mol. The molecule has 0 aliphatic carbocycles. The Kier molecular flexibility index (Phi) is 4.14. The van der Waals surface area contributed by atoms with Crippen LogP contribution in [0.1, 0.15) is 0 Å². The third-order valence-electron chi connectivity index (χ3n) is 2.11. The van der Waals surface area contributed by atoms with Crippen LogP contribution in [0.2, 0.25) is 0 Å². The molecule has 1 unspecified atom stereocenters. The van der Waals surface area contributed by atoms with Gasteiger partial charge in [0.1, 0.15) is 0 Å². The van der Waals surface area contributed by atoms with E-state index in [0.29, 0.717) is 0 Å². The SMILES string of the molecule is CS(=O)N1CCN(CCO)CC1. The lowest BCUT2D eigenvalue weighted by Gasteiger charge is -2.32. The summed E-state index contributed by atoms with van der Waals surface area (Å²) in [5.74, 6) is 0. The van der Waals surface area contributed by atoms with Gasteiger partial charge in [0.15, 0.2) is 0 Å². The van der Waals surface area contributed by atoms with Crippen LogP contribution < -0.4 is 0 Å². The van der Waals surface area contributed by atoms with E-state index in [-0.39, 0.29) is 6.61 Å². The third kappa shape index (κ3) is 2.82. The fourth-order valence-corrected chi connectivity index (χ4v) is 2.03. The van der Waals surface area contributed by atoms with Gasteiger partial charge < -0.3 is 5.11 Å². The Bertz CT molecular complexity index is 157. The summed E-state index contributed by atoms with van der Waals surface area (Å²) < 4.78 is 13.0. The van der Waals surface area contributed by atoms with Crippen LogP contribution in [0.3, 0.4) is 0 Å². The molecule has 0 spiro atoms. The molecule has 1 heterocycles. The van der Waals surface area contributed by atoms with Crippen LogP contribution in [0, 0.1) is 0 Å². The van der Waals surface area contributed by atoms with Crippen molar-refractivity contribution < 1.29 is 9.32 Å². The zero-order chi connectivity index (χ0) is 8.97. The second kappa shape index (κ2) is 4.91. The Morgan fingerprint density at radius 1 is 1.33 bits per heavy atom. The molecule has 1 atom stereocenters. The summed E-state index contributed by atoms with van der Waals surface area (Å²) in [5.41, 5.74) is 0. The zero-order valence-corrected chi connectivity index (χ0v) is 8.22. The van der Waals surface area contributed by atoms with Gasteiger partial charge in [0.2, 0.25) is 0 Å². The minimum absolute atomic E-state index is 0.217. The number of nitrogens with zero attached hydrogens (tertiary/aromatic N) is 2. The Morgan fingerprint density at radius 2 is 1.92 bits per heavy atom. The van der Waals surface area contributed by atoms with Crippen molar-refractivity contribution in [3.05, 3.63) is 0 Å². The molecule has 4 nitrogen and oxygen atoms in total. The standard InChI is InChI=1S/C7H16N2O2S/c1-12(11)9-4-2-8(3-5-9)6-7-10/h10H,2-7H2,1H3. The van der Waals surface area contributed by atoms with Crippen molar-refractivity contribution in [2.45, 2.75) is 0 Å². The van der Waals surface area contributed by atoms with Crippen LogP contribution in [0.15, 0.2) is 0 Å². The van der Waals surface area contributed by atoms with Gasteiger partial charge in [0, 0.05) is 39.0 Å². The molecule has 1 aliphatic rings. The molecule has 0 aromatic carbocycles. The highest BCUT2D eigenvalue weighted by atomic mass is 32.2. The lowest BCUT2D eigenvalue weighted by Crippen LogP contribution is -2.47. The number of aliphatic hydroxyl groups excluding tert-OH is 1. The first-order valence-corrected chi connectivity index (χ1v) is 5.67. The van der Waals surface area contributed by atoms with Gasteiger partial charge in [-0.05, 0) is 0 Å². The van der Waals surface area contributed by atoms with Gasteiger partial charge in [0.05, 0.1) is 17.6 Å². The highest BCUT2D eigenvalue weighted by Crippen LogP contribution is 2.02. The Morgan fingerprint density at radius 3 is 2.33 bits per heavy atom. The lowest BCUT2D eigenvalue weighted by atomic mass is 10.4. The van der Waals surface area contributed by atoms with E-state index >= 15 is 0 Å². The second-order valence-electron chi connectivity index (χ2n) is 2.92. The molecule has 1 N–H and O–H groups in total. The minimum Gasteiger partial charge on any atom is -0.395 e. The summed E-state index contributed by atoms with van der Waals surface area (Å²) in [6, 6.07) is 0. The minimum atomic E-state index is -0.827. The van der Waals surface area contributed by atoms with E-state index < -0.39 is 11.0 Å². The van der Waals surface area contributed by atoms with Gasteiger partial charge in [-0.15, -0.1) is 0 Å². The monoisotopic (exact) mass is 192 g/mol. The van der Waals surface area contributed by atoms with E-state index in [0.717, 1.165) is 32.7 Å². The molecule has 0 saturated carbocycles. The van der Waals surface area contributed by atoms with E-state index in [1.807, 2.05) is 4.31 Å². The van der Waals surface area contributed by atoms with Crippen LogP contribution >= 0.6 is 0 Å². The molecule has 0 aromatic heterocycles. The molecule has 0 bridgehead atoms. The van der Waals surface area contributed by atoms with Gasteiger partial charge in [-0.2, -0.15) is 0 Å². The van der Waals surface area contributed by atoms with E-state index in [9.17, 15) is 4.21 Å². The van der Waals surface area contributed by atoms with Crippen molar-refractivity contribution in [3.63, 3.8) is 0 Å². The van der Waals surface area contributed by atoms with Gasteiger partial charge in [-0.1, -0.05) is 0 Å². The first-order chi connectivity index (χ1) is 5.74. The van der Waals surface area contributed by atoms with Gasteiger partial charge >= 0.3 is 0 Å². The fraction of sp³-hybridized carbons (Fsp3) is 1.00. The van der Waals surface area contributed by atoms with Crippen LogP contribution in [-0.2, 0) is 11.0 Å². The topological polar surface area (TPSA) is 43.8 Å². The van der Waals surface area contributed by atoms with Crippen LogP contribution in [0.4, 0.5) is 0 Å². The summed E-state index contributed by atoms with van der Waals surface area (Å²) in [5, 5.41) is 8.68. The quantitative estimate of drug-likeness (QED) is 0.616. The first kappa shape index (κ1) is 10.1. The maximum absolute atomic E-state index is 11.0. The molecule has 5 heteroatoms. The highest BCUT2D eigenvalue weighted by molar-refractivity contribution is 7.81. The summed E-state index contributed by atoms with van der Waals surface area (Å²) >= 11 is 0. The molecule has 0 amide bonds. The molecular formula is C7H16N2O2S. The van der Waals surface area contributed by atoms with Crippen LogP contribution in [-0.4, -0.2) is 64.1 Å². The Balaban J connectivity index is 2.25. The fourth-order valence-electron chi connectivity index (χ4n) is 1.35. The van der Waals surface area contributed by atoms with Crippen molar-refractivity contribution in [2.75, 3.05) is 45.6 Å². The van der Waals surface area contributed by atoms with Crippen molar-refractivity contribution in [2.24, 2.45) is 0 Å². The molecule has 0 aromatic rings. The normalized spacial score (nSPS) is 24.2. The van der Waals surface area contributed by atoms with E-state index in [1.54, 1.807) is 6.26 Å². The number of rotatable bonds is 3. The van der Waals surface area contributed by atoms with Crippen LogP contribution in [0.5, 0.6) is 0 Å². The zero-order valence-electron chi connectivity index (χ0n) is 7.40. The van der Waals surface area contributed by atoms with E-state index in [4.69, 9.17) is 5.11 Å². The number of piperazine rings is 1. The lowest BCUT2D eigenvalue weighted by molar-refractivity contribution is 0.154. The molecule has 1 aliphatic heterocycles. The Labute approximate surface area is 75.7 Å². The third-order valence-corrected chi connectivity index (χ3v) is 3.20. The van der Waals surface area contributed by atoms with Crippen molar-refractivity contribution >= 4 is 11.0 Å². The van der Waals surface area contributed by atoms with E-state index in [2.05, 4.69) is 4.90 Å². The summed E-state index contributed by atoms with van der Waals surface area (Å²) in [6.45, 7) is 4.49. The molecule has 72 valence electrons. The molecule has 1 fully saturated rings. The smallest absolute Gasteiger partial charge is 0.0911 e. The van der Waals surface area contributed by atoms with Gasteiger partial charge in [0.25, 0.3) is 0 Å². The number of aliphatic hydroxyl groups is 1. The number of hydrogen-bond donors (Lipinski definition) is 1. The first-order valence-electron chi connectivity index (χ1n) is 4.15. The highest BCUT2D eigenvalue weighted by Gasteiger charge is 2.17.